The second kappa shape index (κ2) is 6.83. The molecule has 1 saturated heterocycles. The highest BCUT2D eigenvalue weighted by Gasteiger charge is 2.62. The van der Waals surface area contributed by atoms with E-state index >= 15 is 0 Å². The van der Waals surface area contributed by atoms with Crippen LogP contribution in [0.25, 0.3) is 0 Å². The number of nitrogens with zero attached hydrogens (tertiary/aromatic N) is 2. The Morgan fingerprint density at radius 2 is 1.27 bits per heavy atom. The first-order valence-electron chi connectivity index (χ1n) is 10.6. The number of hydrogen-bond donors (Lipinski definition) is 1. The first kappa shape index (κ1) is 19.4. The Labute approximate surface area is 188 Å². The smallest absolute Gasteiger partial charge is 0.270 e. The summed E-state index contributed by atoms with van der Waals surface area (Å²) in [5, 5.41) is 11.9. The first-order valence-corrected chi connectivity index (χ1v) is 10.6. The fraction of sp³-hybridized carbons (Fsp3) is 0.160. The summed E-state index contributed by atoms with van der Waals surface area (Å²) in [7, 11) is 0. The Morgan fingerprint density at radius 1 is 0.788 bits per heavy atom. The van der Waals surface area contributed by atoms with Crippen molar-refractivity contribution in [3.05, 3.63) is 111 Å². The van der Waals surface area contributed by atoms with Gasteiger partial charge in [-0.15, -0.1) is 0 Å². The van der Waals surface area contributed by atoms with E-state index in [9.17, 15) is 24.5 Å². The lowest BCUT2D eigenvalue weighted by molar-refractivity contribution is -0.384. The zero-order valence-corrected chi connectivity index (χ0v) is 17.2. The van der Waals surface area contributed by atoms with Crippen LogP contribution < -0.4 is 5.43 Å². The predicted octanol–water partition coefficient (Wildman–Crippen LogP) is 3.13. The Balaban J connectivity index is 1.39. The highest BCUT2D eigenvalue weighted by atomic mass is 16.6. The molecule has 1 heterocycles. The van der Waals surface area contributed by atoms with Crippen LogP contribution in [-0.2, 0) is 9.59 Å². The largest absolute Gasteiger partial charge is 0.272 e. The summed E-state index contributed by atoms with van der Waals surface area (Å²) < 4.78 is 0. The van der Waals surface area contributed by atoms with Crippen molar-refractivity contribution in [1.29, 1.82) is 0 Å². The zero-order valence-electron chi connectivity index (χ0n) is 17.2. The van der Waals surface area contributed by atoms with E-state index in [4.69, 9.17) is 0 Å². The van der Waals surface area contributed by atoms with Crippen LogP contribution in [0.3, 0.4) is 0 Å². The van der Waals surface area contributed by atoms with Gasteiger partial charge in [-0.1, -0.05) is 54.6 Å². The molecule has 1 aliphatic heterocycles. The maximum atomic E-state index is 13.5. The molecule has 7 rings (SSSR count). The van der Waals surface area contributed by atoms with E-state index in [1.165, 1.54) is 18.2 Å². The third-order valence-electron chi connectivity index (χ3n) is 6.98. The fourth-order valence-corrected chi connectivity index (χ4v) is 5.71. The monoisotopic (exact) mass is 439 g/mol. The number of imide groups is 1. The Morgan fingerprint density at radius 3 is 1.73 bits per heavy atom. The lowest BCUT2D eigenvalue weighted by Crippen LogP contribution is -2.46. The van der Waals surface area contributed by atoms with Crippen LogP contribution in [0.1, 0.15) is 44.4 Å². The molecule has 0 aromatic heterocycles. The quantitative estimate of drug-likeness (QED) is 0.383. The number of nitrogens with one attached hydrogen (secondary N) is 1. The first-order chi connectivity index (χ1) is 16.0. The number of hydrazine groups is 1. The molecule has 162 valence electrons. The van der Waals surface area contributed by atoms with Gasteiger partial charge in [0.1, 0.15) is 0 Å². The molecule has 8 heteroatoms. The topological polar surface area (TPSA) is 110 Å². The maximum Gasteiger partial charge on any atom is 0.270 e. The SMILES string of the molecule is O=C(NN1C(=O)C2C3c4ccccc4C(c4ccccc43)C2C1=O)c1cccc([N+](=O)[O-])c1. The van der Waals surface area contributed by atoms with E-state index < -0.39 is 34.5 Å². The van der Waals surface area contributed by atoms with Crippen molar-refractivity contribution in [2.75, 3.05) is 0 Å². The van der Waals surface area contributed by atoms with Crippen molar-refractivity contribution >= 4 is 23.4 Å². The Bertz CT molecular complexity index is 1270. The predicted molar refractivity (Wildman–Crippen MR) is 116 cm³/mol. The molecule has 2 bridgehead atoms. The minimum absolute atomic E-state index is 0.00536. The molecule has 4 aliphatic rings. The van der Waals surface area contributed by atoms with Gasteiger partial charge in [-0.05, 0) is 28.3 Å². The van der Waals surface area contributed by atoms with Gasteiger partial charge >= 0.3 is 0 Å². The van der Waals surface area contributed by atoms with Crippen molar-refractivity contribution in [2.45, 2.75) is 11.8 Å². The molecular formula is C25H17N3O5. The van der Waals surface area contributed by atoms with E-state index in [2.05, 4.69) is 5.43 Å². The van der Waals surface area contributed by atoms with E-state index in [-0.39, 0.29) is 23.1 Å². The molecule has 0 saturated carbocycles. The maximum absolute atomic E-state index is 13.5. The van der Waals surface area contributed by atoms with Crippen LogP contribution in [0, 0.1) is 22.0 Å². The number of hydrogen-bond acceptors (Lipinski definition) is 5. The van der Waals surface area contributed by atoms with Gasteiger partial charge in [0, 0.05) is 29.5 Å². The average Bonchev–Trinajstić information content (AvgIpc) is 3.09. The summed E-state index contributed by atoms with van der Waals surface area (Å²) in [6.07, 6.45) is 0. The summed E-state index contributed by atoms with van der Waals surface area (Å²) in [5.74, 6) is -3.44. The molecule has 3 amide bonds. The van der Waals surface area contributed by atoms with Gasteiger partial charge in [0.25, 0.3) is 23.4 Å². The molecule has 0 radical (unpaired) electrons. The molecule has 3 aliphatic carbocycles. The standard InChI is InChI=1S/C25H17N3O5/c29-23(13-6-5-7-14(12-13)28(32)33)26-27-24(30)21-19-15-8-1-2-9-16(15)20(22(21)25(27)31)18-11-4-3-10-17(18)19/h1-12,19-22H,(H,26,29). The summed E-state index contributed by atoms with van der Waals surface area (Å²) in [4.78, 5) is 50.2. The van der Waals surface area contributed by atoms with E-state index in [1.807, 2.05) is 48.5 Å². The number of nitro groups is 1. The zero-order chi connectivity index (χ0) is 22.9. The van der Waals surface area contributed by atoms with Crippen molar-refractivity contribution in [1.82, 2.24) is 10.4 Å². The molecule has 1 fully saturated rings. The highest BCUT2D eigenvalue weighted by Crippen LogP contribution is 2.60. The molecule has 3 aromatic carbocycles. The van der Waals surface area contributed by atoms with Crippen molar-refractivity contribution in [3.63, 3.8) is 0 Å². The average molecular weight is 439 g/mol. The van der Waals surface area contributed by atoms with Gasteiger partial charge in [-0.25, -0.2) is 0 Å². The van der Waals surface area contributed by atoms with Crippen LogP contribution in [0.4, 0.5) is 5.69 Å². The number of rotatable bonds is 3. The van der Waals surface area contributed by atoms with Gasteiger partial charge in [0.15, 0.2) is 0 Å². The fourth-order valence-electron chi connectivity index (χ4n) is 5.71. The van der Waals surface area contributed by atoms with E-state index in [0.29, 0.717) is 0 Å². The van der Waals surface area contributed by atoms with Gasteiger partial charge in [0.05, 0.1) is 16.8 Å². The van der Waals surface area contributed by atoms with E-state index in [0.717, 1.165) is 33.3 Å². The van der Waals surface area contributed by atoms with Crippen LogP contribution in [0.15, 0.2) is 72.8 Å². The number of amides is 3. The van der Waals surface area contributed by atoms with Crippen molar-refractivity contribution < 1.29 is 19.3 Å². The van der Waals surface area contributed by atoms with Crippen molar-refractivity contribution in [3.8, 4) is 0 Å². The number of carbonyl (C=O) groups excluding carboxylic acids is 3. The van der Waals surface area contributed by atoms with E-state index in [1.54, 1.807) is 0 Å². The number of benzene rings is 3. The normalized spacial score (nSPS) is 24.2. The Kier molecular flexibility index (Phi) is 4.01. The molecule has 33 heavy (non-hydrogen) atoms. The minimum atomic E-state index is -0.749. The molecule has 2 atom stereocenters. The van der Waals surface area contributed by atoms with Crippen LogP contribution in [-0.4, -0.2) is 27.7 Å². The summed E-state index contributed by atoms with van der Waals surface area (Å²) in [5.41, 5.74) is 6.31. The summed E-state index contributed by atoms with van der Waals surface area (Å²) in [6.45, 7) is 0. The number of nitro benzene ring substituents is 1. The van der Waals surface area contributed by atoms with Gasteiger partial charge in [-0.3, -0.25) is 29.9 Å². The number of non-ortho nitro benzene ring substituents is 1. The Hall–Kier alpha value is -4.33. The van der Waals surface area contributed by atoms with Gasteiger partial charge < -0.3 is 0 Å². The second-order valence-electron chi connectivity index (χ2n) is 8.52. The van der Waals surface area contributed by atoms with Gasteiger partial charge in [0.2, 0.25) is 0 Å². The van der Waals surface area contributed by atoms with Gasteiger partial charge in [-0.2, -0.15) is 5.01 Å². The lowest BCUT2D eigenvalue weighted by Gasteiger charge is -2.45. The summed E-state index contributed by atoms with van der Waals surface area (Å²) in [6, 6.07) is 20.9. The third kappa shape index (κ3) is 2.60. The third-order valence-corrected chi connectivity index (χ3v) is 6.98. The number of carbonyl (C=O) groups is 3. The highest BCUT2D eigenvalue weighted by molar-refractivity contribution is 6.09. The molecule has 1 N–H and O–H groups in total. The molecule has 8 nitrogen and oxygen atoms in total. The van der Waals surface area contributed by atoms with Crippen LogP contribution >= 0.6 is 0 Å². The summed E-state index contributed by atoms with van der Waals surface area (Å²) >= 11 is 0. The van der Waals surface area contributed by atoms with Crippen LogP contribution in [0.5, 0.6) is 0 Å². The second-order valence-corrected chi connectivity index (χ2v) is 8.52. The lowest BCUT2D eigenvalue weighted by atomic mass is 9.55. The van der Waals surface area contributed by atoms with Crippen molar-refractivity contribution in [2.24, 2.45) is 11.8 Å². The minimum Gasteiger partial charge on any atom is -0.272 e. The molecule has 0 spiro atoms. The molecule has 3 aromatic rings. The van der Waals surface area contributed by atoms with Crippen LogP contribution in [0.2, 0.25) is 0 Å². The molecule has 2 unspecified atom stereocenters. The molecular weight excluding hydrogens is 422 g/mol.